The fourth-order valence-electron chi connectivity index (χ4n) is 2.66. The summed E-state index contributed by atoms with van der Waals surface area (Å²) in [6.07, 6.45) is 0.878. The average Bonchev–Trinajstić information content (AvgIpc) is 2.65. The van der Waals surface area contributed by atoms with Crippen LogP contribution in [0.5, 0.6) is 5.75 Å². The lowest BCUT2D eigenvalue weighted by molar-refractivity contribution is 0.304. The van der Waals surface area contributed by atoms with Crippen molar-refractivity contribution in [2.45, 2.75) is 19.4 Å². The van der Waals surface area contributed by atoms with Crippen LogP contribution >= 0.6 is 0 Å². The molecule has 0 bridgehead atoms. The second-order valence-electron chi connectivity index (χ2n) is 4.95. The summed E-state index contributed by atoms with van der Waals surface area (Å²) in [6, 6.07) is 2.86. The smallest absolute Gasteiger partial charge is 0.124 e. The number of rotatable bonds is 2. The first kappa shape index (κ1) is 12.3. The van der Waals surface area contributed by atoms with E-state index in [0.717, 1.165) is 13.0 Å². The van der Waals surface area contributed by atoms with Crippen molar-refractivity contribution in [1.29, 1.82) is 0 Å². The van der Waals surface area contributed by atoms with Gasteiger partial charge >= 0.3 is 0 Å². The van der Waals surface area contributed by atoms with E-state index in [-0.39, 0.29) is 17.6 Å². The number of benzene rings is 1. The van der Waals surface area contributed by atoms with E-state index in [1.807, 2.05) is 7.05 Å². The minimum atomic E-state index is -0.292. The van der Waals surface area contributed by atoms with Crippen molar-refractivity contribution in [3.8, 4) is 5.75 Å². The molecule has 2 rings (SSSR count). The molecule has 1 aromatic carbocycles. The molecule has 1 aliphatic rings. The molecule has 17 heavy (non-hydrogen) atoms. The van der Waals surface area contributed by atoms with Gasteiger partial charge in [-0.1, -0.05) is 0 Å². The van der Waals surface area contributed by atoms with Crippen molar-refractivity contribution in [3.63, 3.8) is 0 Å². The molecule has 0 spiro atoms. The second kappa shape index (κ2) is 4.63. The molecule has 0 aromatic heterocycles. The number of aryl methyl sites for hydroxylation is 1. The first-order valence-electron chi connectivity index (χ1n) is 5.92. The number of phenolic OH excluding ortho intramolecular Hbond substituents is 1. The number of phenols is 1. The molecule has 94 valence electrons. The van der Waals surface area contributed by atoms with E-state index < -0.39 is 0 Å². The topological polar surface area (TPSA) is 49.5 Å². The molecule has 3 N–H and O–H groups in total. The molecule has 2 unspecified atom stereocenters. The highest BCUT2D eigenvalue weighted by molar-refractivity contribution is 5.42. The first-order chi connectivity index (χ1) is 8.02. The van der Waals surface area contributed by atoms with Gasteiger partial charge < -0.3 is 10.8 Å². The lowest BCUT2D eigenvalue weighted by Crippen LogP contribution is -2.20. The van der Waals surface area contributed by atoms with E-state index in [1.165, 1.54) is 12.1 Å². The SMILES string of the molecule is Cc1cc(F)cc(C2CC(CN)CN2C)c1O. The van der Waals surface area contributed by atoms with Gasteiger partial charge in [0.15, 0.2) is 0 Å². The minimum absolute atomic E-state index is 0.0675. The predicted octanol–water partition coefficient (Wildman–Crippen LogP) is 1.79. The maximum absolute atomic E-state index is 13.4. The number of hydrogen-bond donors (Lipinski definition) is 2. The van der Waals surface area contributed by atoms with Gasteiger partial charge in [0, 0.05) is 18.2 Å². The summed E-state index contributed by atoms with van der Waals surface area (Å²) in [5, 5.41) is 10.0. The van der Waals surface area contributed by atoms with Crippen molar-refractivity contribution in [3.05, 3.63) is 29.1 Å². The lowest BCUT2D eigenvalue weighted by atomic mass is 9.97. The van der Waals surface area contributed by atoms with Crippen LogP contribution in [0, 0.1) is 18.7 Å². The second-order valence-corrected chi connectivity index (χ2v) is 4.95. The zero-order valence-electron chi connectivity index (χ0n) is 10.3. The summed E-state index contributed by atoms with van der Waals surface area (Å²) >= 11 is 0. The Labute approximate surface area is 101 Å². The van der Waals surface area contributed by atoms with E-state index in [9.17, 15) is 9.50 Å². The van der Waals surface area contributed by atoms with Gasteiger partial charge in [-0.2, -0.15) is 0 Å². The van der Waals surface area contributed by atoms with Crippen molar-refractivity contribution in [2.75, 3.05) is 20.1 Å². The molecule has 3 nitrogen and oxygen atoms in total. The van der Waals surface area contributed by atoms with Crippen LogP contribution in [-0.4, -0.2) is 30.1 Å². The maximum Gasteiger partial charge on any atom is 0.124 e. The third kappa shape index (κ3) is 2.28. The Morgan fingerprint density at radius 2 is 2.24 bits per heavy atom. The number of nitrogens with zero attached hydrogens (tertiary/aromatic N) is 1. The van der Waals surface area contributed by atoms with E-state index in [2.05, 4.69) is 4.90 Å². The molecule has 1 fully saturated rings. The molecule has 1 aliphatic heterocycles. The summed E-state index contributed by atoms with van der Waals surface area (Å²) < 4.78 is 13.4. The zero-order chi connectivity index (χ0) is 12.6. The van der Waals surface area contributed by atoms with Gasteiger partial charge in [0.25, 0.3) is 0 Å². The molecule has 1 heterocycles. The number of aromatic hydroxyl groups is 1. The molecule has 1 saturated heterocycles. The summed E-state index contributed by atoms with van der Waals surface area (Å²) in [7, 11) is 1.99. The van der Waals surface area contributed by atoms with Crippen molar-refractivity contribution in [1.82, 2.24) is 4.90 Å². The summed E-state index contributed by atoms with van der Waals surface area (Å²) in [4.78, 5) is 2.13. The Hall–Kier alpha value is -1.13. The number of nitrogens with two attached hydrogens (primary N) is 1. The highest BCUT2D eigenvalue weighted by Gasteiger charge is 2.31. The monoisotopic (exact) mass is 238 g/mol. The first-order valence-corrected chi connectivity index (χ1v) is 5.92. The molecule has 0 saturated carbocycles. The van der Waals surface area contributed by atoms with Crippen LogP contribution in [0.4, 0.5) is 4.39 Å². The van der Waals surface area contributed by atoms with Crippen LogP contribution in [0.25, 0.3) is 0 Å². The molecule has 2 atom stereocenters. The number of halogens is 1. The Morgan fingerprint density at radius 1 is 1.53 bits per heavy atom. The highest BCUT2D eigenvalue weighted by atomic mass is 19.1. The van der Waals surface area contributed by atoms with Crippen molar-refractivity contribution in [2.24, 2.45) is 11.7 Å². The van der Waals surface area contributed by atoms with Crippen LogP contribution in [0.1, 0.15) is 23.6 Å². The van der Waals surface area contributed by atoms with Crippen LogP contribution in [0.15, 0.2) is 12.1 Å². The maximum atomic E-state index is 13.4. The Bertz CT molecular complexity index is 422. The lowest BCUT2D eigenvalue weighted by Gasteiger charge is -2.21. The largest absolute Gasteiger partial charge is 0.507 e. The molecule has 0 radical (unpaired) electrons. The standard InChI is InChI=1S/C13H19FN2O/c1-8-3-10(14)5-11(13(8)17)12-4-9(6-15)7-16(12)2/h3,5,9,12,17H,4,6-7,15H2,1-2H3. The third-order valence-corrected chi connectivity index (χ3v) is 3.62. The molecular formula is C13H19FN2O. The van der Waals surface area contributed by atoms with Gasteiger partial charge in [-0.05, 0) is 50.6 Å². The van der Waals surface area contributed by atoms with Crippen LogP contribution in [0.3, 0.4) is 0 Å². The van der Waals surface area contributed by atoms with E-state index >= 15 is 0 Å². The summed E-state index contributed by atoms with van der Waals surface area (Å²) in [5.74, 6) is 0.341. The van der Waals surface area contributed by atoms with Gasteiger partial charge in [0.2, 0.25) is 0 Å². The van der Waals surface area contributed by atoms with Gasteiger partial charge in [-0.3, -0.25) is 4.90 Å². The molecule has 4 heteroatoms. The predicted molar refractivity (Wildman–Crippen MR) is 65.3 cm³/mol. The average molecular weight is 238 g/mol. The fourth-order valence-corrected chi connectivity index (χ4v) is 2.66. The molecule has 1 aromatic rings. The van der Waals surface area contributed by atoms with Crippen LogP contribution in [-0.2, 0) is 0 Å². The van der Waals surface area contributed by atoms with E-state index in [1.54, 1.807) is 6.92 Å². The molecule has 0 aliphatic carbocycles. The van der Waals surface area contributed by atoms with E-state index in [0.29, 0.717) is 23.6 Å². The third-order valence-electron chi connectivity index (χ3n) is 3.62. The van der Waals surface area contributed by atoms with Gasteiger partial charge in [0.1, 0.15) is 11.6 Å². The van der Waals surface area contributed by atoms with Crippen LogP contribution in [0.2, 0.25) is 0 Å². The van der Waals surface area contributed by atoms with Crippen LogP contribution < -0.4 is 5.73 Å². The molecule has 0 amide bonds. The Kier molecular flexibility index (Phi) is 3.35. The minimum Gasteiger partial charge on any atom is -0.507 e. The Balaban J connectivity index is 2.34. The zero-order valence-corrected chi connectivity index (χ0v) is 10.3. The van der Waals surface area contributed by atoms with E-state index in [4.69, 9.17) is 5.73 Å². The normalized spacial score (nSPS) is 25.4. The van der Waals surface area contributed by atoms with Gasteiger partial charge in [-0.25, -0.2) is 4.39 Å². The number of likely N-dealkylation sites (tertiary alicyclic amines) is 1. The van der Waals surface area contributed by atoms with Crippen molar-refractivity contribution < 1.29 is 9.50 Å². The van der Waals surface area contributed by atoms with Crippen molar-refractivity contribution >= 4 is 0 Å². The Morgan fingerprint density at radius 3 is 2.82 bits per heavy atom. The number of hydrogen-bond acceptors (Lipinski definition) is 3. The van der Waals surface area contributed by atoms with Gasteiger partial charge in [0.05, 0.1) is 0 Å². The summed E-state index contributed by atoms with van der Waals surface area (Å²) in [5.41, 5.74) is 6.94. The van der Waals surface area contributed by atoms with Gasteiger partial charge in [-0.15, -0.1) is 0 Å². The summed E-state index contributed by atoms with van der Waals surface area (Å²) in [6.45, 7) is 3.25. The highest BCUT2D eigenvalue weighted by Crippen LogP contribution is 2.39. The fraction of sp³-hybridized carbons (Fsp3) is 0.538. The molecular weight excluding hydrogens is 219 g/mol. The quantitative estimate of drug-likeness (QED) is 0.826.